The summed E-state index contributed by atoms with van der Waals surface area (Å²) in [5.74, 6) is 0.354. The predicted molar refractivity (Wildman–Crippen MR) is 89.7 cm³/mol. The zero-order chi connectivity index (χ0) is 17.3. The molecule has 3 rings (SSSR count). The van der Waals surface area contributed by atoms with Gasteiger partial charge < -0.3 is 5.11 Å². The summed E-state index contributed by atoms with van der Waals surface area (Å²) in [4.78, 5) is 25.1. The van der Waals surface area contributed by atoms with Gasteiger partial charge in [-0.25, -0.2) is 0 Å². The van der Waals surface area contributed by atoms with Crippen LogP contribution >= 0.6 is 0 Å². The Bertz CT molecular complexity index is 616. The Balaban J connectivity index is 2.07. The molecular weight excluding hydrogens is 288 g/mol. The number of hydrogen-bond acceptors (Lipinski definition) is 3. The number of carbonyl (C=O) groups is 2. The van der Waals surface area contributed by atoms with E-state index in [9.17, 15) is 14.7 Å². The second-order valence-corrected chi connectivity index (χ2v) is 8.96. The third-order valence-corrected chi connectivity index (χ3v) is 7.27. The number of fused-ring (bicyclic) bond motifs is 3. The molecule has 2 saturated carbocycles. The van der Waals surface area contributed by atoms with E-state index in [-0.39, 0.29) is 28.8 Å². The topological polar surface area (TPSA) is 54.4 Å². The highest BCUT2D eigenvalue weighted by atomic mass is 16.3. The lowest BCUT2D eigenvalue weighted by atomic mass is 9.43. The number of allylic oxidation sites excluding steroid dienone is 3. The molecule has 3 aliphatic carbocycles. The Labute approximate surface area is 138 Å². The monoisotopic (exact) mass is 316 g/mol. The zero-order valence-electron chi connectivity index (χ0n) is 14.7. The third kappa shape index (κ3) is 2.05. The summed E-state index contributed by atoms with van der Waals surface area (Å²) in [6.45, 7) is 11.8. The van der Waals surface area contributed by atoms with E-state index in [1.165, 1.54) is 0 Å². The van der Waals surface area contributed by atoms with Gasteiger partial charge in [-0.05, 0) is 43.6 Å². The van der Waals surface area contributed by atoms with Crippen LogP contribution in [0.25, 0.3) is 0 Å². The Kier molecular flexibility index (Phi) is 3.37. The molecule has 3 heteroatoms. The van der Waals surface area contributed by atoms with Gasteiger partial charge in [0.15, 0.2) is 5.78 Å². The van der Waals surface area contributed by atoms with Gasteiger partial charge in [0.2, 0.25) is 0 Å². The van der Waals surface area contributed by atoms with Crippen molar-refractivity contribution < 1.29 is 14.7 Å². The minimum Gasteiger partial charge on any atom is -0.390 e. The Morgan fingerprint density at radius 2 is 1.87 bits per heavy atom. The normalized spacial score (nSPS) is 48.6. The van der Waals surface area contributed by atoms with E-state index < -0.39 is 16.4 Å². The van der Waals surface area contributed by atoms with Crippen LogP contribution in [0.3, 0.4) is 0 Å². The molecule has 3 aliphatic rings. The van der Waals surface area contributed by atoms with Gasteiger partial charge in [0.25, 0.3) is 0 Å². The SMILES string of the molecule is C=C[C@]1(C)C[C@@]2(O)CC[C@H]3C(C)(C)C(=O)C=C[C@]3(C)[C@H]2CC1=O. The van der Waals surface area contributed by atoms with Gasteiger partial charge in [0, 0.05) is 23.2 Å². The van der Waals surface area contributed by atoms with Gasteiger partial charge >= 0.3 is 0 Å². The van der Waals surface area contributed by atoms with E-state index in [1.54, 1.807) is 12.2 Å². The summed E-state index contributed by atoms with van der Waals surface area (Å²) in [5.41, 5.74) is -2.25. The maximum atomic E-state index is 12.7. The van der Waals surface area contributed by atoms with Crippen LogP contribution in [0, 0.1) is 28.1 Å². The first-order valence-corrected chi connectivity index (χ1v) is 8.62. The van der Waals surface area contributed by atoms with Crippen LogP contribution in [0.2, 0.25) is 0 Å². The minimum absolute atomic E-state index is 0.127. The zero-order valence-corrected chi connectivity index (χ0v) is 14.7. The van der Waals surface area contributed by atoms with Gasteiger partial charge in [-0.15, -0.1) is 6.58 Å². The molecule has 0 aliphatic heterocycles. The average molecular weight is 316 g/mol. The maximum Gasteiger partial charge on any atom is 0.161 e. The summed E-state index contributed by atoms with van der Waals surface area (Å²) in [6, 6.07) is 0. The first kappa shape index (κ1) is 16.6. The van der Waals surface area contributed by atoms with Crippen LogP contribution in [-0.4, -0.2) is 22.3 Å². The standard InChI is InChI=1S/C20H28O3/c1-6-18(4)12-20(23)10-7-13-17(2,3)15(21)8-9-19(13,5)14(20)11-16(18)22/h6,8-9,13-14,23H,1,7,10-12H2,2-5H3/t13-,14+,18+,19-,20-/m0/s1. The smallest absolute Gasteiger partial charge is 0.161 e. The molecule has 5 atom stereocenters. The number of carbonyl (C=O) groups excluding carboxylic acids is 2. The third-order valence-electron chi connectivity index (χ3n) is 7.27. The highest BCUT2D eigenvalue weighted by Gasteiger charge is 2.63. The molecule has 0 saturated heterocycles. The lowest BCUT2D eigenvalue weighted by Gasteiger charge is -2.61. The molecule has 0 bridgehead atoms. The minimum atomic E-state index is -0.858. The van der Waals surface area contributed by atoms with Crippen molar-refractivity contribution in [1.82, 2.24) is 0 Å². The summed E-state index contributed by atoms with van der Waals surface area (Å²) in [5, 5.41) is 11.4. The number of hydrogen-bond donors (Lipinski definition) is 1. The van der Waals surface area contributed by atoms with Crippen LogP contribution < -0.4 is 0 Å². The highest BCUT2D eigenvalue weighted by Crippen LogP contribution is 2.63. The van der Waals surface area contributed by atoms with E-state index in [0.29, 0.717) is 19.3 Å². The van der Waals surface area contributed by atoms with E-state index in [2.05, 4.69) is 13.5 Å². The molecule has 0 aromatic rings. The summed E-state index contributed by atoms with van der Waals surface area (Å²) in [7, 11) is 0. The average Bonchev–Trinajstić information content (AvgIpc) is 2.46. The molecule has 2 fully saturated rings. The van der Waals surface area contributed by atoms with Gasteiger partial charge in [-0.1, -0.05) is 32.9 Å². The summed E-state index contributed by atoms with van der Waals surface area (Å²) >= 11 is 0. The van der Waals surface area contributed by atoms with Crippen molar-refractivity contribution in [3.8, 4) is 0 Å². The predicted octanol–water partition coefficient (Wildman–Crippen LogP) is 3.47. The quantitative estimate of drug-likeness (QED) is 0.754. The van der Waals surface area contributed by atoms with Crippen molar-refractivity contribution in [2.45, 2.75) is 59.0 Å². The molecule has 0 heterocycles. The summed E-state index contributed by atoms with van der Waals surface area (Å²) < 4.78 is 0. The van der Waals surface area contributed by atoms with E-state index in [4.69, 9.17) is 0 Å². The van der Waals surface area contributed by atoms with Gasteiger partial charge in [0.05, 0.1) is 5.60 Å². The van der Waals surface area contributed by atoms with E-state index in [0.717, 1.165) is 6.42 Å². The highest BCUT2D eigenvalue weighted by molar-refractivity contribution is 5.96. The molecule has 1 N–H and O–H groups in total. The second-order valence-electron chi connectivity index (χ2n) is 8.96. The fourth-order valence-corrected chi connectivity index (χ4v) is 5.67. The van der Waals surface area contributed by atoms with Gasteiger partial charge in [-0.3, -0.25) is 9.59 Å². The van der Waals surface area contributed by atoms with Crippen molar-refractivity contribution in [1.29, 1.82) is 0 Å². The fraction of sp³-hybridized carbons (Fsp3) is 0.700. The van der Waals surface area contributed by atoms with Gasteiger partial charge in [-0.2, -0.15) is 0 Å². The molecule has 0 aromatic heterocycles. The molecule has 0 aromatic carbocycles. The Morgan fingerprint density at radius 1 is 1.22 bits per heavy atom. The van der Waals surface area contributed by atoms with E-state index in [1.807, 2.05) is 26.8 Å². The van der Waals surface area contributed by atoms with Crippen molar-refractivity contribution in [3.05, 3.63) is 24.8 Å². The first-order valence-electron chi connectivity index (χ1n) is 8.62. The van der Waals surface area contributed by atoms with Crippen molar-refractivity contribution in [2.24, 2.45) is 28.1 Å². The molecule has 23 heavy (non-hydrogen) atoms. The first-order chi connectivity index (χ1) is 10.5. The fourth-order valence-electron chi connectivity index (χ4n) is 5.67. The molecular formula is C20H28O3. The number of aliphatic hydroxyl groups is 1. The van der Waals surface area contributed by atoms with Crippen LogP contribution in [0.1, 0.15) is 53.4 Å². The summed E-state index contributed by atoms with van der Waals surface area (Å²) in [6.07, 6.45) is 7.62. The van der Waals surface area contributed by atoms with Crippen molar-refractivity contribution in [2.75, 3.05) is 0 Å². The van der Waals surface area contributed by atoms with Crippen molar-refractivity contribution >= 4 is 11.6 Å². The second kappa shape index (κ2) is 4.66. The lowest BCUT2D eigenvalue weighted by molar-refractivity contribution is -0.183. The number of Topliss-reactive ketones (excluding diaryl/α,β-unsaturated/α-hetero) is 1. The van der Waals surface area contributed by atoms with Crippen LogP contribution in [0.15, 0.2) is 24.8 Å². The molecule has 0 amide bonds. The number of ketones is 2. The molecule has 0 radical (unpaired) electrons. The maximum absolute atomic E-state index is 12.7. The van der Waals surface area contributed by atoms with Gasteiger partial charge in [0.1, 0.15) is 5.78 Å². The van der Waals surface area contributed by atoms with Crippen molar-refractivity contribution in [3.63, 3.8) is 0 Å². The Hall–Kier alpha value is -1.22. The number of rotatable bonds is 1. The molecule has 3 nitrogen and oxygen atoms in total. The molecule has 0 unspecified atom stereocenters. The molecule has 0 spiro atoms. The Morgan fingerprint density at radius 3 is 2.48 bits per heavy atom. The lowest BCUT2D eigenvalue weighted by Crippen LogP contribution is -2.63. The van der Waals surface area contributed by atoms with E-state index >= 15 is 0 Å². The van der Waals surface area contributed by atoms with Crippen LogP contribution in [0.5, 0.6) is 0 Å². The van der Waals surface area contributed by atoms with Crippen LogP contribution in [0.4, 0.5) is 0 Å². The molecule has 126 valence electrons. The van der Waals surface area contributed by atoms with Crippen LogP contribution in [-0.2, 0) is 9.59 Å². The largest absolute Gasteiger partial charge is 0.390 e.